The van der Waals surface area contributed by atoms with Gasteiger partial charge in [0, 0.05) is 5.41 Å². The van der Waals surface area contributed by atoms with Crippen molar-refractivity contribution in [3.05, 3.63) is 47.5 Å². The van der Waals surface area contributed by atoms with Crippen LogP contribution in [0, 0.1) is 56.7 Å². The molecule has 0 aliphatic heterocycles. The Labute approximate surface area is 256 Å². The largest absolute Gasteiger partial charge is 0.460 e. The van der Waals surface area contributed by atoms with Gasteiger partial charge in [0.1, 0.15) is 6.61 Å². The van der Waals surface area contributed by atoms with Crippen LogP contribution in [0.15, 0.2) is 42.0 Å². The second-order valence-corrected chi connectivity index (χ2v) is 17.2. The van der Waals surface area contributed by atoms with E-state index in [0.29, 0.717) is 36.1 Å². The zero-order valence-corrected chi connectivity index (χ0v) is 28.0. The van der Waals surface area contributed by atoms with E-state index >= 15 is 0 Å². The molecular weight excluding hydrogens is 572 g/mol. The first-order valence-electron chi connectivity index (χ1n) is 16.3. The van der Waals surface area contributed by atoms with Crippen LogP contribution >= 0.6 is 15.9 Å². The molecule has 4 heteroatoms. The van der Waals surface area contributed by atoms with E-state index in [4.69, 9.17) is 4.74 Å². The van der Waals surface area contributed by atoms with Crippen LogP contribution in [0.1, 0.15) is 105 Å². The zero-order valence-electron chi connectivity index (χ0n) is 26.4. The normalized spacial score (nSPS) is 46.7. The Bertz CT molecular complexity index is 1250. The molecule has 5 aliphatic carbocycles. The fraction of sp³-hybridized carbons (Fsp3) is 0.730. The number of rotatable bonds is 3. The maximum atomic E-state index is 14.2. The fourth-order valence-corrected chi connectivity index (χ4v) is 12.9. The highest BCUT2D eigenvalue weighted by molar-refractivity contribution is 9.10. The second-order valence-electron chi connectivity index (χ2n) is 16.1. The third-order valence-electron chi connectivity index (χ3n) is 14.3. The van der Waals surface area contributed by atoms with Crippen LogP contribution in [-0.2, 0) is 20.9 Å². The van der Waals surface area contributed by atoms with Gasteiger partial charge in [0.2, 0.25) is 0 Å². The van der Waals surface area contributed by atoms with Crippen molar-refractivity contribution in [2.75, 3.05) is 0 Å². The summed E-state index contributed by atoms with van der Waals surface area (Å²) in [6.07, 6.45) is 10.9. The Morgan fingerprint density at radius 2 is 1.66 bits per heavy atom. The van der Waals surface area contributed by atoms with Gasteiger partial charge in [0.15, 0.2) is 5.78 Å². The van der Waals surface area contributed by atoms with Crippen molar-refractivity contribution in [1.29, 1.82) is 0 Å². The Hall–Kier alpha value is -1.42. The molecule has 1 aromatic carbocycles. The predicted molar refractivity (Wildman–Crippen MR) is 168 cm³/mol. The summed E-state index contributed by atoms with van der Waals surface area (Å²) in [7, 11) is 0. The van der Waals surface area contributed by atoms with Gasteiger partial charge in [-0.25, -0.2) is 0 Å². The number of esters is 1. The quantitative estimate of drug-likeness (QED) is 0.192. The van der Waals surface area contributed by atoms with Crippen molar-refractivity contribution < 1.29 is 14.3 Å². The Balaban J connectivity index is 1.38. The SMILES string of the molecule is C[C@@H]1CCC2(C(=O)OCc3ccccc3)CC[C@]3(C)C(=CC[C@@H]4[C@@]5(C)CC(Br)C(=O)C(C)(C)[C@@H]5CC[C@]43C)C2[C@H]1C. The molecule has 224 valence electrons. The first-order chi connectivity index (χ1) is 19.2. The predicted octanol–water partition coefficient (Wildman–Crippen LogP) is 9.33. The van der Waals surface area contributed by atoms with Crippen LogP contribution in [0.25, 0.3) is 0 Å². The molecule has 0 radical (unpaired) electrons. The highest BCUT2D eigenvalue weighted by atomic mass is 79.9. The van der Waals surface area contributed by atoms with Gasteiger partial charge in [0.25, 0.3) is 0 Å². The first-order valence-corrected chi connectivity index (χ1v) is 17.2. The summed E-state index contributed by atoms with van der Waals surface area (Å²) < 4.78 is 6.18. The summed E-state index contributed by atoms with van der Waals surface area (Å²) in [5, 5.41) is 0. The molecule has 4 saturated carbocycles. The molecule has 0 spiro atoms. The van der Waals surface area contributed by atoms with Crippen molar-refractivity contribution >= 4 is 27.7 Å². The van der Waals surface area contributed by atoms with E-state index < -0.39 is 5.41 Å². The number of carbonyl (C=O) groups is 2. The lowest BCUT2D eigenvalue weighted by atomic mass is 9.33. The van der Waals surface area contributed by atoms with Gasteiger partial charge in [-0.15, -0.1) is 0 Å². The molecule has 0 N–H and O–H groups in total. The highest BCUT2D eigenvalue weighted by Crippen LogP contribution is 2.75. The number of hydrogen-bond acceptors (Lipinski definition) is 3. The number of alkyl halides is 1. The maximum Gasteiger partial charge on any atom is 0.313 e. The topological polar surface area (TPSA) is 43.4 Å². The van der Waals surface area contributed by atoms with E-state index in [2.05, 4.69) is 70.5 Å². The molecule has 5 aliphatic rings. The molecule has 3 unspecified atom stereocenters. The van der Waals surface area contributed by atoms with Crippen LogP contribution in [0.2, 0.25) is 0 Å². The zero-order chi connectivity index (χ0) is 29.6. The van der Waals surface area contributed by atoms with Gasteiger partial charge in [-0.3, -0.25) is 9.59 Å². The molecule has 4 fully saturated rings. The van der Waals surface area contributed by atoms with Crippen LogP contribution in [-0.4, -0.2) is 16.6 Å². The van der Waals surface area contributed by atoms with Gasteiger partial charge < -0.3 is 4.74 Å². The number of carbonyl (C=O) groups excluding carboxylic acids is 2. The fourth-order valence-electron chi connectivity index (χ4n) is 11.6. The third kappa shape index (κ3) is 4.00. The minimum Gasteiger partial charge on any atom is -0.460 e. The van der Waals surface area contributed by atoms with E-state index in [-0.39, 0.29) is 38.4 Å². The molecule has 0 saturated heterocycles. The average Bonchev–Trinajstić information content (AvgIpc) is 2.93. The van der Waals surface area contributed by atoms with E-state index in [9.17, 15) is 9.59 Å². The lowest BCUT2D eigenvalue weighted by Gasteiger charge is -2.71. The molecule has 0 amide bonds. The number of ketones is 1. The number of benzene rings is 1. The second kappa shape index (κ2) is 9.80. The molecule has 0 bridgehead atoms. The van der Waals surface area contributed by atoms with Gasteiger partial charge >= 0.3 is 5.97 Å². The van der Waals surface area contributed by atoms with E-state index in [1.807, 2.05) is 30.3 Å². The Morgan fingerprint density at radius 3 is 2.37 bits per heavy atom. The standard InChI is InChI=1S/C37H51BrO3/c1-23-15-18-37(32(40)41-22-25-11-9-8-10-12-25)20-19-35(6)26(30(37)24(23)2)13-14-29-34(5)21-27(38)31(39)33(3,4)28(34)16-17-36(29,35)7/h8-13,23-24,27-30H,14-22H2,1-7H3/t23-,24+,27?,28+,29-,30?,34+,35-,36-,37?/m1/s1. The highest BCUT2D eigenvalue weighted by Gasteiger charge is 2.70. The van der Waals surface area contributed by atoms with Gasteiger partial charge in [-0.05, 0) is 103 Å². The third-order valence-corrected chi connectivity index (χ3v) is 15.0. The molecule has 3 nitrogen and oxygen atoms in total. The number of halogens is 1. The number of hydrogen-bond donors (Lipinski definition) is 0. The Morgan fingerprint density at radius 1 is 0.951 bits per heavy atom. The molecular formula is C37H51BrO3. The number of Topliss-reactive ketones (excluding diaryl/α,β-unsaturated/α-hetero) is 1. The Kier molecular flexibility index (Phi) is 7.08. The minimum atomic E-state index is -0.420. The van der Waals surface area contributed by atoms with Crippen LogP contribution < -0.4 is 0 Å². The van der Waals surface area contributed by atoms with Crippen LogP contribution in [0.4, 0.5) is 0 Å². The molecule has 10 atom stereocenters. The molecule has 41 heavy (non-hydrogen) atoms. The number of ether oxygens (including phenoxy) is 1. The van der Waals surface area contributed by atoms with Crippen molar-refractivity contribution in [3.8, 4) is 0 Å². The van der Waals surface area contributed by atoms with E-state index in [0.717, 1.165) is 56.9 Å². The number of allylic oxidation sites excluding steroid dienone is 2. The van der Waals surface area contributed by atoms with Crippen LogP contribution in [0.3, 0.4) is 0 Å². The van der Waals surface area contributed by atoms with Crippen molar-refractivity contribution in [3.63, 3.8) is 0 Å². The summed E-state index contributed by atoms with van der Waals surface area (Å²) in [5.41, 5.74) is 2.21. The monoisotopic (exact) mass is 622 g/mol. The van der Waals surface area contributed by atoms with Crippen molar-refractivity contribution in [2.24, 2.45) is 56.7 Å². The number of fused-ring (bicyclic) bond motifs is 7. The lowest BCUT2D eigenvalue weighted by Crippen LogP contribution is -2.66. The first kappa shape index (κ1) is 29.6. The summed E-state index contributed by atoms with van der Waals surface area (Å²) in [6.45, 7) is 17.3. The summed E-state index contributed by atoms with van der Waals surface area (Å²) in [4.78, 5) is 27.5. The average molecular weight is 624 g/mol. The van der Waals surface area contributed by atoms with Crippen molar-refractivity contribution in [2.45, 2.75) is 111 Å². The van der Waals surface area contributed by atoms with Gasteiger partial charge in [-0.1, -0.05) is 106 Å². The molecule has 1 aromatic rings. The van der Waals surface area contributed by atoms with Gasteiger partial charge in [0.05, 0.1) is 10.2 Å². The van der Waals surface area contributed by atoms with Crippen molar-refractivity contribution in [1.82, 2.24) is 0 Å². The molecule has 6 rings (SSSR count). The summed E-state index contributed by atoms with van der Waals surface area (Å²) >= 11 is 3.84. The summed E-state index contributed by atoms with van der Waals surface area (Å²) in [5.74, 6) is 2.65. The van der Waals surface area contributed by atoms with Crippen LogP contribution in [0.5, 0.6) is 0 Å². The van der Waals surface area contributed by atoms with E-state index in [1.165, 1.54) is 0 Å². The van der Waals surface area contributed by atoms with Gasteiger partial charge in [-0.2, -0.15) is 0 Å². The maximum absolute atomic E-state index is 14.2. The van der Waals surface area contributed by atoms with E-state index in [1.54, 1.807) is 5.57 Å². The minimum absolute atomic E-state index is 0.0330. The smallest absolute Gasteiger partial charge is 0.313 e. The molecule has 0 aromatic heterocycles. The summed E-state index contributed by atoms with van der Waals surface area (Å²) in [6, 6.07) is 10.1. The molecule has 0 heterocycles. The lowest BCUT2D eigenvalue weighted by molar-refractivity contribution is -0.192.